The molecular formula is C17H18N4O. The number of H-pyrrole nitrogens is 1. The zero-order chi connectivity index (χ0) is 14.9. The summed E-state index contributed by atoms with van der Waals surface area (Å²) in [5, 5.41) is 3.35. The van der Waals surface area contributed by atoms with E-state index in [2.05, 4.69) is 15.3 Å². The van der Waals surface area contributed by atoms with Crippen molar-refractivity contribution in [2.75, 3.05) is 13.1 Å². The summed E-state index contributed by atoms with van der Waals surface area (Å²) in [6.45, 7) is 1.93. The number of rotatable bonds is 2. The lowest BCUT2D eigenvalue weighted by atomic mass is 10.0. The van der Waals surface area contributed by atoms with E-state index in [4.69, 9.17) is 0 Å². The zero-order valence-corrected chi connectivity index (χ0v) is 12.2. The number of para-hydroxylation sites is 1. The second-order valence-electron chi connectivity index (χ2n) is 5.72. The van der Waals surface area contributed by atoms with Crippen molar-refractivity contribution in [1.29, 1.82) is 0 Å². The number of imidazole rings is 1. The summed E-state index contributed by atoms with van der Waals surface area (Å²) < 4.78 is 1.93. The molecule has 5 nitrogen and oxygen atoms in total. The lowest BCUT2D eigenvalue weighted by molar-refractivity contribution is 0.368. The molecule has 22 heavy (non-hydrogen) atoms. The monoisotopic (exact) mass is 294 g/mol. The number of pyridine rings is 1. The molecule has 1 aliphatic heterocycles. The maximum atomic E-state index is 12.5. The molecule has 5 heteroatoms. The van der Waals surface area contributed by atoms with E-state index in [0.29, 0.717) is 0 Å². The van der Waals surface area contributed by atoms with Crippen LogP contribution in [0.2, 0.25) is 0 Å². The summed E-state index contributed by atoms with van der Waals surface area (Å²) in [4.78, 5) is 19.7. The molecule has 0 amide bonds. The number of piperidine rings is 1. The van der Waals surface area contributed by atoms with Gasteiger partial charge in [-0.1, -0.05) is 18.2 Å². The van der Waals surface area contributed by atoms with Crippen LogP contribution >= 0.6 is 0 Å². The Balaban J connectivity index is 1.91. The molecule has 112 valence electrons. The highest BCUT2D eigenvalue weighted by atomic mass is 16.1. The van der Waals surface area contributed by atoms with E-state index in [1.54, 1.807) is 6.20 Å². The van der Waals surface area contributed by atoms with Crippen molar-refractivity contribution in [3.8, 4) is 11.1 Å². The number of nitrogens with zero attached hydrogens (tertiary/aromatic N) is 2. The highest BCUT2D eigenvalue weighted by Crippen LogP contribution is 2.28. The lowest BCUT2D eigenvalue weighted by Crippen LogP contribution is -2.33. The van der Waals surface area contributed by atoms with E-state index in [1.807, 2.05) is 41.1 Å². The van der Waals surface area contributed by atoms with Crippen molar-refractivity contribution in [3.63, 3.8) is 0 Å². The third-order valence-electron chi connectivity index (χ3n) is 4.40. The molecule has 3 heterocycles. The Bertz CT molecular complexity index is 844. The minimum Gasteiger partial charge on any atom is -0.317 e. The third-order valence-corrected chi connectivity index (χ3v) is 4.40. The molecule has 1 aliphatic rings. The Hall–Kier alpha value is -2.40. The molecule has 1 fully saturated rings. The van der Waals surface area contributed by atoms with Crippen molar-refractivity contribution in [2.24, 2.45) is 0 Å². The van der Waals surface area contributed by atoms with Crippen LogP contribution in [0.3, 0.4) is 0 Å². The smallest absolute Gasteiger partial charge is 0.317 e. The summed E-state index contributed by atoms with van der Waals surface area (Å²) in [5.41, 5.74) is 3.91. The van der Waals surface area contributed by atoms with Gasteiger partial charge < -0.3 is 10.3 Å². The second kappa shape index (κ2) is 5.42. The number of hydrogen-bond acceptors (Lipinski definition) is 3. The van der Waals surface area contributed by atoms with Gasteiger partial charge in [0, 0.05) is 29.6 Å². The van der Waals surface area contributed by atoms with Crippen LogP contribution < -0.4 is 11.0 Å². The van der Waals surface area contributed by atoms with Crippen molar-refractivity contribution in [1.82, 2.24) is 19.9 Å². The molecule has 1 saturated heterocycles. The largest absolute Gasteiger partial charge is 0.326 e. The summed E-state index contributed by atoms with van der Waals surface area (Å²) in [7, 11) is 0. The molecule has 0 saturated carbocycles. The summed E-state index contributed by atoms with van der Waals surface area (Å²) >= 11 is 0. The molecule has 0 unspecified atom stereocenters. The van der Waals surface area contributed by atoms with Crippen LogP contribution in [0.15, 0.2) is 47.5 Å². The minimum absolute atomic E-state index is 0.0155. The van der Waals surface area contributed by atoms with Crippen LogP contribution in [-0.4, -0.2) is 27.6 Å². The molecule has 2 N–H and O–H groups in total. The maximum Gasteiger partial charge on any atom is 0.326 e. The first-order chi connectivity index (χ1) is 10.8. The fourth-order valence-corrected chi connectivity index (χ4v) is 3.34. The van der Waals surface area contributed by atoms with Crippen LogP contribution in [0.5, 0.6) is 0 Å². The maximum absolute atomic E-state index is 12.5. The van der Waals surface area contributed by atoms with Crippen molar-refractivity contribution in [2.45, 2.75) is 18.9 Å². The van der Waals surface area contributed by atoms with Gasteiger partial charge in [0.1, 0.15) is 0 Å². The normalized spacial score (nSPS) is 16.2. The van der Waals surface area contributed by atoms with Crippen molar-refractivity contribution < 1.29 is 0 Å². The Morgan fingerprint density at radius 1 is 1.14 bits per heavy atom. The molecule has 0 radical (unpaired) electrons. The molecule has 0 spiro atoms. The number of aromatic amines is 1. The van der Waals surface area contributed by atoms with E-state index in [0.717, 1.165) is 48.1 Å². The first-order valence-electron chi connectivity index (χ1n) is 7.69. The van der Waals surface area contributed by atoms with Crippen LogP contribution in [0.25, 0.3) is 22.2 Å². The van der Waals surface area contributed by atoms with Gasteiger partial charge in [-0.2, -0.15) is 0 Å². The number of benzene rings is 1. The Kier molecular flexibility index (Phi) is 3.27. The Morgan fingerprint density at radius 2 is 2.00 bits per heavy atom. The van der Waals surface area contributed by atoms with Gasteiger partial charge >= 0.3 is 5.69 Å². The van der Waals surface area contributed by atoms with Gasteiger partial charge in [-0.25, -0.2) is 4.79 Å². The predicted molar refractivity (Wildman–Crippen MR) is 86.9 cm³/mol. The molecule has 3 aromatic rings. The average molecular weight is 294 g/mol. The van der Waals surface area contributed by atoms with E-state index in [1.165, 1.54) is 0 Å². The molecule has 0 bridgehead atoms. The first kappa shape index (κ1) is 13.3. The number of aromatic nitrogens is 3. The fraction of sp³-hybridized carbons (Fsp3) is 0.294. The second-order valence-corrected chi connectivity index (χ2v) is 5.72. The minimum atomic E-state index is -0.0155. The molecule has 2 aromatic heterocycles. The van der Waals surface area contributed by atoms with Crippen LogP contribution in [0, 0.1) is 0 Å². The van der Waals surface area contributed by atoms with Crippen LogP contribution in [-0.2, 0) is 0 Å². The Morgan fingerprint density at radius 3 is 2.77 bits per heavy atom. The lowest BCUT2D eigenvalue weighted by Gasteiger charge is -2.23. The van der Waals surface area contributed by atoms with Gasteiger partial charge in [-0.05, 0) is 38.1 Å². The van der Waals surface area contributed by atoms with E-state index in [9.17, 15) is 4.79 Å². The summed E-state index contributed by atoms with van der Waals surface area (Å²) in [6.07, 6.45) is 5.56. The molecular weight excluding hydrogens is 276 g/mol. The fourth-order valence-electron chi connectivity index (χ4n) is 3.34. The van der Waals surface area contributed by atoms with Crippen LogP contribution in [0.4, 0.5) is 0 Å². The standard InChI is InChI=1S/C17H18N4O/c22-17-20-16-14(12-3-2-8-19-11-12)4-1-5-15(16)21(17)13-6-9-18-10-7-13/h1-5,8,11,13,18H,6-7,9-10H2,(H,20,22). The molecule has 0 atom stereocenters. The van der Waals surface area contributed by atoms with Gasteiger partial charge in [0.05, 0.1) is 11.0 Å². The van der Waals surface area contributed by atoms with Gasteiger partial charge in [0.15, 0.2) is 0 Å². The summed E-state index contributed by atoms with van der Waals surface area (Å²) in [5.74, 6) is 0. The van der Waals surface area contributed by atoms with E-state index < -0.39 is 0 Å². The number of nitrogens with one attached hydrogen (secondary N) is 2. The highest BCUT2D eigenvalue weighted by Gasteiger charge is 2.20. The van der Waals surface area contributed by atoms with Crippen molar-refractivity contribution in [3.05, 3.63) is 53.2 Å². The van der Waals surface area contributed by atoms with Gasteiger partial charge in [0.25, 0.3) is 0 Å². The summed E-state index contributed by atoms with van der Waals surface area (Å²) in [6, 6.07) is 10.3. The van der Waals surface area contributed by atoms with E-state index >= 15 is 0 Å². The topological polar surface area (TPSA) is 62.7 Å². The highest BCUT2D eigenvalue weighted by molar-refractivity contribution is 5.91. The predicted octanol–water partition coefficient (Wildman–Crippen LogP) is 2.32. The van der Waals surface area contributed by atoms with Gasteiger partial charge in [0.2, 0.25) is 0 Å². The van der Waals surface area contributed by atoms with Gasteiger partial charge in [-0.15, -0.1) is 0 Å². The molecule has 1 aromatic carbocycles. The SMILES string of the molecule is O=c1[nH]c2c(-c3cccnc3)cccc2n1C1CCNCC1. The molecule has 4 rings (SSSR count). The van der Waals surface area contributed by atoms with Gasteiger partial charge in [-0.3, -0.25) is 9.55 Å². The van der Waals surface area contributed by atoms with Crippen LogP contribution in [0.1, 0.15) is 18.9 Å². The third kappa shape index (κ3) is 2.14. The van der Waals surface area contributed by atoms with E-state index in [-0.39, 0.29) is 11.7 Å². The first-order valence-corrected chi connectivity index (χ1v) is 7.69. The number of fused-ring (bicyclic) bond motifs is 1. The average Bonchev–Trinajstić information content (AvgIpc) is 2.92. The zero-order valence-electron chi connectivity index (χ0n) is 12.2. The molecule has 0 aliphatic carbocycles. The number of hydrogen-bond donors (Lipinski definition) is 2. The quantitative estimate of drug-likeness (QED) is 0.762. The van der Waals surface area contributed by atoms with Crippen molar-refractivity contribution >= 4 is 11.0 Å². The Labute approximate surface area is 128 Å².